The Morgan fingerprint density at radius 1 is 0.938 bits per heavy atom. The van der Waals surface area contributed by atoms with E-state index in [-0.39, 0.29) is 18.1 Å². The van der Waals surface area contributed by atoms with E-state index in [4.69, 9.17) is 14.6 Å². The third-order valence-corrected chi connectivity index (χ3v) is 6.52. The molecule has 1 atom stereocenters. The van der Waals surface area contributed by atoms with Crippen LogP contribution in [0.4, 0.5) is 4.79 Å². The molecule has 0 aromatic heterocycles. The highest BCUT2D eigenvalue weighted by Crippen LogP contribution is 2.35. The molecule has 3 aliphatic heterocycles. The summed E-state index contributed by atoms with van der Waals surface area (Å²) >= 11 is 0. The van der Waals surface area contributed by atoms with Gasteiger partial charge in [0, 0.05) is 43.2 Å². The summed E-state index contributed by atoms with van der Waals surface area (Å²) in [5.74, 6) is 0.916. The zero-order valence-corrected chi connectivity index (χ0v) is 17.6. The number of carboxylic acid groups (broad SMARTS) is 1. The second kappa shape index (κ2) is 8.44. The second-order valence-corrected chi connectivity index (χ2v) is 8.67. The molecule has 168 valence electrons. The third kappa shape index (κ3) is 4.03. The van der Waals surface area contributed by atoms with E-state index < -0.39 is 12.2 Å². The lowest BCUT2D eigenvalue weighted by atomic mass is 9.95. The number of β-amino-alcohol motifs (C(OH)–C–C–N with tert-alkyl or cyclic N) is 1. The standard InChI is InChI=1S/C24H26N2O6/c27-20-12-26(13-20)22(28)16-3-1-15(2-4-16)18-5-6-21-19(11-18)14-31-23(32-21)17-7-9-25(10-8-17)24(29)30/h1-6,11,17,20,23,27H,7-10,12-14H2,(H,29,30). The van der Waals surface area contributed by atoms with Crippen LogP contribution in [0.2, 0.25) is 0 Å². The molecule has 0 saturated carbocycles. The average molecular weight is 438 g/mol. The van der Waals surface area contributed by atoms with Crippen LogP contribution in [0.3, 0.4) is 0 Å². The van der Waals surface area contributed by atoms with Gasteiger partial charge in [0.2, 0.25) is 6.29 Å². The lowest BCUT2D eigenvalue weighted by molar-refractivity contribution is -0.148. The van der Waals surface area contributed by atoms with Crippen molar-refractivity contribution in [3.05, 3.63) is 53.6 Å². The first-order valence-electron chi connectivity index (χ1n) is 10.9. The maximum absolute atomic E-state index is 12.4. The van der Waals surface area contributed by atoms with Crippen molar-refractivity contribution in [2.75, 3.05) is 26.2 Å². The summed E-state index contributed by atoms with van der Waals surface area (Å²) in [6.45, 7) is 2.24. The second-order valence-electron chi connectivity index (χ2n) is 8.67. The Kier molecular flexibility index (Phi) is 5.48. The quantitative estimate of drug-likeness (QED) is 0.765. The van der Waals surface area contributed by atoms with Crippen LogP contribution >= 0.6 is 0 Å². The minimum Gasteiger partial charge on any atom is -0.465 e. The van der Waals surface area contributed by atoms with Gasteiger partial charge in [-0.05, 0) is 48.2 Å². The molecule has 0 radical (unpaired) electrons. The Bertz CT molecular complexity index is 1010. The fraction of sp³-hybridized carbons (Fsp3) is 0.417. The van der Waals surface area contributed by atoms with Crippen molar-refractivity contribution >= 4 is 12.0 Å². The number of rotatable bonds is 3. The minimum atomic E-state index is -0.872. The molecule has 1 unspecified atom stereocenters. The van der Waals surface area contributed by atoms with E-state index in [1.807, 2.05) is 42.5 Å². The van der Waals surface area contributed by atoms with Crippen LogP contribution in [0.15, 0.2) is 42.5 Å². The van der Waals surface area contributed by atoms with Crippen molar-refractivity contribution < 1.29 is 29.3 Å². The van der Waals surface area contributed by atoms with Crippen LogP contribution in [0.25, 0.3) is 11.1 Å². The molecule has 3 aliphatic rings. The van der Waals surface area contributed by atoms with Crippen molar-refractivity contribution in [2.45, 2.75) is 31.8 Å². The average Bonchev–Trinajstić information content (AvgIpc) is 2.81. The van der Waals surface area contributed by atoms with E-state index >= 15 is 0 Å². The first-order chi connectivity index (χ1) is 15.5. The smallest absolute Gasteiger partial charge is 0.407 e. The number of piperidine rings is 1. The number of carbonyl (C=O) groups is 2. The summed E-state index contributed by atoms with van der Waals surface area (Å²) in [6.07, 6.45) is -0.175. The van der Waals surface area contributed by atoms with Gasteiger partial charge < -0.3 is 29.5 Å². The molecule has 8 nitrogen and oxygen atoms in total. The first-order valence-corrected chi connectivity index (χ1v) is 10.9. The molecule has 2 aromatic carbocycles. The van der Waals surface area contributed by atoms with Gasteiger partial charge in [0.05, 0.1) is 12.7 Å². The van der Waals surface area contributed by atoms with Crippen LogP contribution < -0.4 is 4.74 Å². The highest BCUT2D eigenvalue weighted by atomic mass is 16.7. The molecule has 2 fully saturated rings. The van der Waals surface area contributed by atoms with Gasteiger partial charge in [0.1, 0.15) is 5.75 Å². The van der Waals surface area contributed by atoms with E-state index in [9.17, 15) is 14.7 Å². The lowest BCUT2D eigenvalue weighted by Gasteiger charge is -2.36. The van der Waals surface area contributed by atoms with Gasteiger partial charge in [-0.1, -0.05) is 18.2 Å². The van der Waals surface area contributed by atoms with Gasteiger partial charge in [-0.15, -0.1) is 0 Å². The number of ether oxygens (including phenoxy) is 2. The van der Waals surface area contributed by atoms with Gasteiger partial charge in [0.25, 0.3) is 5.91 Å². The molecule has 8 heteroatoms. The zero-order valence-electron chi connectivity index (χ0n) is 17.6. The molecule has 32 heavy (non-hydrogen) atoms. The van der Waals surface area contributed by atoms with Crippen molar-refractivity contribution in [2.24, 2.45) is 5.92 Å². The third-order valence-electron chi connectivity index (χ3n) is 6.52. The van der Waals surface area contributed by atoms with Crippen molar-refractivity contribution in [3.63, 3.8) is 0 Å². The Hall–Kier alpha value is -3.10. The van der Waals surface area contributed by atoms with Crippen molar-refractivity contribution in [1.29, 1.82) is 0 Å². The summed E-state index contributed by atoms with van der Waals surface area (Å²) in [7, 11) is 0. The number of aliphatic hydroxyl groups is 1. The molecular formula is C24H26N2O6. The topological polar surface area (TPSA) is 99.5 Å². The molecule has 0 aliphatic carbocycles. The highest BCUT2D eigenvalue weighted by Gasteiger charge is 2.33. The fourth-order valence-corrected chi connectivity index (χ4v) is 4.52. The highest BCUT2D eigenvalue weighted by molar-refractivity contribution is 5.95. The number of amides is 2. The van der Waals surface area contributed by atoms with E-state index in [1.54, 1.807) is 4.90 Å². The zero-order chi connectivity index (χ0) is 22.2. The van der Waals surface area contributed by atoms with Gasteiger partial charge in [0.15, 0.2) is 0 Å². The Morgan fingerprint density at radius 3 is 2.28 bits per heavy atom. The van der Waals surface area contributed by atoms with Crippen molar-refractivity contribution in [3.8, 4) is 16.9 Å². The molecule has 2 aromatic rings. The van der Waals surface area contributed by atoms with Gasteiger partial charge in [-0.3, -0.25) is 4.79 Å². The van der Waals surface area contributed by atoms with Crippen LogP contribution in [0.1, 0.15) is 28.8 Å². The SMILES string of the molecule is O=C(O)N1CCC(C2OCc3cc(-c4ccc(C(=O)N5CC(O)C5)cc4)ccc3O2)CC1. The summed E-state index contributed by atoms with van der Waals surface area (Å²) in [5, 5.41) is 18.5. The maximum atomic E-state index is 12.4. The molecule has 2 N–H and O–H groups in total. The number of hydrogen-bond donors (Lipinski definition) is 2. The maximum Gasteiger partial charge on any atom is 0.407 e. The molecule has 5 rings (SSSR count). The van der Waals surface area contributed by atoms with Crippen LogP contribution in [0.5, 0.6) is 5.75 Å². The van der Waals surface area contributed by atoms with Gasteiger partial charge in [-0.2, -0.15) is 0 Å². The van der Waals surface area contributed by atoms with Crippen LogP contribution in [0, 0.1) is 5.92 Å². The largest absolute Gasteiger partial charge is 0.465 e. The molecule has 3 heterocycles. The normalized spacial score (nSPS) is 21.5. The molecular weight excluding hydrogens is 412 g/mol. The Morgan fingerprint density at radius 2 is 1.62 bits per heavy atom. The molecule has 0 bridgehead atoms. The van der Waals surface area contributed by atoms with Crippen molar-refractivity contribution in [1.82, 2.24) is 9.80 Å². The predicted octanol–water partition coefficient (Wildman–Crippen LogP) is 2.80. The molecule has 2 amide bonds. The monoisotopic (exact) mass is 438 g/mol. The Labute approximate surface area is 186 Å². The number of nitrogens with zero attached hydrogens (tertiary/aromatic N) is 2. The number of benzene rings is 2. The number of aliphatic hydroxyl groups excluding tert-OH is 1. The minimum absolute atomic E-state index is 0.0608. The number of hydrogen-bond acceptors (Lipinski definition) is 5. The molecule has 0 spiro atoms. The van der Waals surface area contributed by atoms with E-state index in [1.165, 1.54) is 4.90 Å². The number of likely N-dealkylation sites (tertiary alicyclic amines) is 2. The van der Waals surface area contributed by atoms with E-state index in [0.717, 1.165) is 35.3 Å². The van der Waals surface area contributed by atoms with Crippen LogP contribution in [-0.2, 0) is 11.3 Å². The van der Waals surface area contributed by atoms with Gasteiger partial charge >= 0.3 is 6.09 Å². The van der Waals surface area contributed by atoms with E-state index in [0.29, 0.717) is 38.3 Å². The summed E-state index contributed by atoms with van der Waals surface area (Å²) in [5.41, 5.74) is 3.59. The predicted molar refractivity (Wildman–Crippen MR) is 115 cm³/mol. The number of fused-ring (bicyclic) bond motifs is 1. The summed E-state index contributed by atoms with van der Waals surface area (Å²) in [6, 6.07) is 13.5. The summed E-state index contributed by atoms with van der Waals surface area (Å²) in [4.78, 5) is 26.5. The first kappa shape index (κ1) is 20.8. The number of carbonyl (C=O) groups excluding carboxylic acids is 1. The van der Waals surface area contributed by atoms with Crippen LogP contribution in [-0.4, -0.2) is 70.6 Å². The lowest BCUT2D eigenvalue weighted by Crippen LogP contribution is -2.53. The molecule has 2 saturated heterocycles. The van der Waals surface area contributed by atoms with Gasteiger partial charge in [-0.25, -0.2) is 4.79 Å². The Balaban J connectivity index is 1.23. The fourth-order valence-electron chi connectivity index (χ4n) is 4.52. The van der Waals surface area contributed by atoms with E-state index in [2.05, 4.69) is 0 Å². The summed E-state index contributed by atoms with van der Waals surface area (Å²) < 4.78 is 12.1.